The van der Waals surface area contributed by atoms with E-state index in [4.69, 9.17) is 0 Å². The molecule has 0 aromatic rings. The molecule has 0 aromatic carbocycles. The molecule has 1 nitrogen and oxygen atoms in total. The average molecular weight is 73.8 g/mol. The van der Waals surface area contributed by atoms with E-state index < -0.39 is 7.29 Å². The van der Waals surface area contributed by atoms with Crippen molar-refractivity contribution in [2.75, 3.05) is 6.66 Å². The summed E-state index contributed by atoms with van der Waals surface area (Å²) >= 11 is 0. The second-order valence-corrected chi connectivity index (χ2v) is 1.88. The Morgan fingerprint density at radius 3 is 2.00 bits per heavy atom. The Morgan fingerprint density at radius 1 is 2.00 bits per heavy atom. The summed E-state index contributed by atoms with van der Waals surface area (Å²) in [5, 5.41) is 0. The first-order valence-corrected chi connectivity index (χ1v) is 2.84. The molecule has 0 aromatic heterocycles. The molecule has 0 aliphatic carbocycles. The van der Waals surface area contributed by atoms with Gasteiger partial charge in [0, 0.05) is 0 Å². The molecule has 0 fully saturated rings. The minimum absolute atomic E-state index is 1.12. The molecule has 0 amide bonds. The normalized spacial score (nSPS) is 10.5. The molecule has 0 aliphatic heterocycles. The van der Waals surface area contributed by atoms with E-state index in [1.807, 2.05) is 0 Å². The van der Waals surface area contributed by atoms with Crippen LogP contribution in [0.2, 0.25) is 0 Å². The minimum atomic E-state index is -1.12. The van der Waals surface area contributed by atoms with Gasteiger partial charge in [0.2, 0.25) is 0 Å². The second kappa shape index (κ2) is 1.48. The number of hydrogen-bond donors (Lipinski definition) is 0. The Kier molecular flexibility index (Phi) is 1.54. The van der Waals surface area contributed by atoms with Crippen molar-refractivity contribution in [3.8, 4) is 0 Å². The van der Waals surface area contributed by atoms with Crippen LogP contribution in [0.4, 0.5) is 0 Å². The Bertz CT molecular complexity index is 56.4. The van der Waals surface area contributed by atoms with Crippen molar-refractivity contribution in [1.82, 2.24) is 0 Å². The Hall–Kier alpha value is 0.165. The Morgan fingerprint density at radius 2 is 2.00 bits per heavy atom. The maximum atomic E-state index is 9.48. The summed E-state index contributed by atoms with van der Waals surface area (Å²) in [4.78, 5) is 0. The zero-order valence-electron chi connectivity index (χ0n) is 2.56. The monoisotopic (exact) mass is 74.0 g/mol. The van der Waals surface area contributed by atoms with Gasteiger partial charge in [-0.25, -0.2) is 0 Å². The van der Waals surface area contributed by atoms with Crippen molar-refractivity contribution in [3.63, 3.8) is 0 Å². The van der Waals surface area contributed by atoms with E-state index in [-0.39, 0.29) is 0 Å². The first kappa shape index (κ1) is 4.16. The van der Waals surface area contributed by atoms with E-state index in [2.05, 4.69) is 7.18 Å². The summed E-state index contributed by atoms with van der Waals surface area (Å²) in [5.41, 5.74) is 0. The summed E-state index contributed by atoms with van der Waals surface area (Å²) in [6, 6.07) is 0. The third-order valence-electron chi connectivity index (χ3n) is 0. The van der Waals surface area contributed by atoms with Gasteiger partial charge < -0.3 is 0 Å². The van der Waals surface area contributed by atoms with Gasteiger partial charge in [0.25, 0.3) is 0 Å². The van der Waals surface area contributed by atoms with Crippen molar-refractivity contribution >= 4 is 14.5 Å². The predicted octanol–water partition coefficient (Wildman–Crippen LogP) is 0.259. The van der Waals surface area contributed by atoms with E-state index in [0.717, 1.165) is 0 Å². The molecule has 0 spiro atoms. The number of hydrogen-bond acceptors (Lipinski definition) is 1. The Labute approximate surface area is 26.8 Å². The van der Waals surface area contributed by atoms with Crippen LogP contribution < -0.4 is 0 Å². The van der Waals surface area contributed by atoms with Crippen LogP contribution in [0.15, 0.2) is 0 Å². The van der Waals surface area contributed by atoms with E-state index in [9.17, 15) is 4.57 Å². The van der Waals surface area contributed by atoms with Gasteiger partial charge in [0.15, 0.2) is 0 Å². The zero-order valence-corrected chi connectivity index (χ0v) is 3.46. The molecule has 0 saturated heterocycles. The van der Waals surface area contributed by atoms with Crippen molar-refractivity contribution < 1.29 is 4.57 Å². The molecule has 3 heteroatoms. The van der Waals surface area contributed by atoms with Crippen LogP contribution in [0, 0.1) is 0 Å². The van der Waals surface area contributed by atoms with Crippen LogP contribution in [-0.4, -0.2) is 13.8 Å². The van der Waals surface area contributed by atoms with Crippen LogP contribution in [0.5, 0.6) is 0 Å². The molecule has 1 atom stereocenters. The zero-order chi connectivity index (χ0) is 3.58. The topological polar surface area (TPSA) is 17.1 Å². The van der Waals surface area contributed by atoms with Crippen molar-refractivity contribution in [2.45, 2.75) is 0 Å². The summed E-state index contributed by atoms with van der Waals surface area (Å²) in [5.74, 6) is 0. The fraction of sp³-hybridized carbons (Fsp3) is 1.00. The van der Waals surface area contributed by atoms with Crippen molar-refractivity contribution in [2.24, 2.45) is 0 Å². The van der Waals surface area contributed by atoms with E-state index in [1.165, 1.54) is 0 Å². The van der Waals surface area contributed by atoms with Gasteiger partial charge in [0.1, 0.15) is 0 Å². The molecular weight excluding hydrogens is 69.8 g/mol. The standard InChI is InChI=1S/CH4BOP/c1-4(2)3/h2H,1H3. The maximum absolute atomic E-state index is 9.48. The summed E-state index contributed by atoms with van der Waals surface area (Å²) in [7, 11) is 2.03. The van der Waals surface area contributed by atoms with Crippen molar-refractivity contribution in [3.05, 3.63) is 0 Å². The summed E-state index contributed by atoms with van der Waals surface area (Å²) < 4.78 is 9.48. The van der Waals surface area contributed by atoms with Gasteiger partial charge in [-0.15, -0.1) is 0 Å². The third kappa shape index (κ3) is 108. The van der Waals surface area contributed by atoms with Crippen LogP contribution in [0.3, 0.4) is 0 Å². The van der Waals surface area contributed by atoms with Crippen LogP contribution in [0.25, 0.3) is 0 Å². The molecular formula is CH4BOP. The molecule has 1 unspecified atom stereocenters. The van der Waals surface area contributed by atoms with Crippen LogP contribution in [-0.2, 0) is 4.57 Å². The van der Waals surface area contributed by atoms with Crippen molar-refractivity contribution in [1.29, 1.82) is 0 Å². The second-order valence-electron chi connectivity index (χ2n) is 0.628. The van der Waals surface area contributed by atoms with E-state index in [1.54, 1.807) is 6.66 Å². The fourth-order valence-electron chi connectivity index (χ4n) is 0. The van der Waals surface area contributed by atoms with Gasteiger partial charge in [-0.05, 0) is 0 Å². The van der Waals surface area contributed by atoms with Crippen LogP contribution >= 0.6 is 7.29 Å². The van der Waals surface area contributed by atoms with E-state index in [0.29, 0.717) is 0 Å². The summed E-state index contributed by atoms with van der Waals surface area (Å²) in [6.07, 6.45) is 0. The molecule has 0 heterocycles. The Balaban J connectivity index is 3.51. The third-order valence-corrected chi connectivity index (χ3v) is 0. The first-order valence-electron chi connectivity index (χ1n) is 0.946. The number of rotatable bonds is 0. The molecule has 0 aliphatic rings. The molecule has 0 bridgehead atoms. The van der Waals surface area contributed by atoms with Gasteiger partial charge in [0.05, 0.1) is 0 Å². The summed E-state index contributed by atoms with van der Waals surface area (Å²) in [6.45, 7) is 1.56. The quantitative estimate of drug-likeness (QED) is 0.297. The van der Waals surface area contributed by atoms with Crippen LogP contribution in [0.1, 0.15) is 0 Å². The van der Waals surface area contributed by atoms with Gasteiger partial charge in [-0.3, -0.25) is 0 Å². The molecule has 0 saturated carbocycles. The molecule has 22 valence electrons. The van der Waals surface area contributed by atoms with Gasteiger partial charge in [-0.1, -0.05) is 0 Å². The molecule has 4 heavy (non-hydrogen) atoms. The first-order chi connectivity index (χ1) is 1.73. The van der Waals surface area contributed by atoms with E-state index >= 15 is 0 Å². The molecule has 0 radical (unpaired) electrons. The average Bonchev–Trinajstić information content (AvgIpc) is 0.811. The molecule has 0 rings (SSSR count). The fourth-order valence-corrected chi connectivity index (χ4v) is 0. The molecule has 0 N–H and O–H groups in total. The van der Waals surface area contributed by atoms with Gasteiger partial charge >= 0.3 is 25.7 Å². The SMILES string of the molecule is B=P(C)=O. The predicted molar refractivity (Wildman–Crippen MR) is 20.7 cm³/mol. The van der Waals surface area contributed by atoms with Gasteiger partial charge in [-0.2, -0.15) is 0 Å².